The monoisotopic (exact) mass is 438 g/mol. The Bertz CT molecular complexity index is 678. The number of carboxylic acids is 1. The minimum absolute atomic E-state index is 0.119. The number of esters is 1. The molecule has 0 saturated heterocycles. The zero-order chi connectivity index (χ0) is 23.8. The lowest BCUT2D eigenvalue weighted by atomic mass is 9.98. The molecular formula is C24H38O7. The lowest BCUT2D eigenvalue weighted by Gasteiger charge is -2.15. The first kappa shape index (κ1) is 28.8. The highest BCUT2D eigenvalue weighted by atomic mass is 16.5. The number of hydrogen-bond acceptors (Lipinski definition) is 6. The maximum absolute atomic E-state index is 12.7. The number of carbonyl (C=O) groups excluding carboxylic acids is 1. The summed E-state index contributed by atoms with van der Waals surface area (Å²) in [6.07, 6.45) is 8.03. The summed E-state index contributed by atoms with van der Waals surface area (Å²) in [5, 5.41) is 37.4. The molecule has 7 heteroatoms. The number of aliphatic hydroxyl groups excluding tert-OH is 3. The van der Waals surface area contributed by atoms with Gasteiger partial charge in [-0.1, -0.05) is 35.5 Å². The molecule has 0 aromatic carbocycles. The predicted octanol–water partition coefficient (Wildman–Crippen LogP) is 3.17. The van der Waals surface area contributed by atoms with Gasteiger partial charge in [-0.05, 0) is 64.5 Å². The predicted molar refractivity (Wildman–Crippen MR) is 120 cm³/mol. The summed E-state index contributed by atoms with van der Waals surface area (Å²) < 4.78 is 5.44. The van der Waals surface area contributed by atoms with E-state index < -0.39 is 23.8 Å². The average Bonchev–Trinajstić information content (AvgIpc) is 2.70. The van der Waals surface area contributed by atoms with E-state index >= 15 is 0 Å². The molecule has 0 heterocycles. The lowest BCUT2D eigenvalue weighted by Crippen LogP contribution is -2.19. The van der Waals surface area contributed by atoms with E-state index in [0.717, 1.165) is 11.1 Å². The van der Waals surface area contributed by atoms with Crippen LogP contribution in [0.3, 0.4) is 0 Å². The number of aliphatic carboxylic acids is 1. The number of ether oxygens (including phenoxy) is 1. The van der Waals surface area contributed by atoms with Crippen molar-refractivity contribution in [1.82, 2.24) is 0 Å². The highest BCUT2D eigenvalue weighted by molar-refractivity contribution is 5.75. The minimum atomic E-state index is -0.986. The standard InChI is InChI=1S/C24H38O7/c1-17(2)5-7-21(23(28)29)14-20(10-12-26)16-31-24(30)22(8-6-18(3)4)13-19(15-27)9-11-25/h5-6,13-14,21-22,25-27H,7-12,15-16H2,1-4H3,(H,28,29)/b19-13-,20-14-/t21-,22-/m0/s1. The van der Waals surface area contributed by atoms with Gasteiger partial charge in [-0.2, -0.15) is 0 Å². The quantitative estimate of drug-likeness (QED) is 0.229. The SMILES string of the molecule is CC(C)=CC[C@@H](/C=C(/CCO)COC(=O)[C@H](/C=C(\CO)CCO)CC=C(C)C)C(=O)O. The van der Waals surface area contributed by atoms with Crippen LogP contribution in [0.2, 0.25) is 0 Å². The van der Waals surface area contributed by atoms with Gasteiger partial charge in [0.15, 0.2) is 0 Å². The molecule has 0 aliphatic rings. The first-order chi connectivity index (χ1) is 14.6. The molecule has 31 heavy (non-hydrogen) atoms. The molecule has 0 fully saturated rings. The van der Waals surface area contributed by atoms with Crippen LogP contribution in [0, 0.1) is 11.8 Å². The van der Waals surface area contributed by atoms with Gasteiger partial charge in [-0.25, -0.2) is 0 Å². The van der Waals surface area contributed by atoms with Crippen molar-refractivity contribution in [2.75, 3.05) is 26.4 Å². The number of aliphatic hydroxyl groups is 3. The van der Waals surface area contributed by atoms with E-state index in [9.17, 15) is 24.9 Å². The summed E-state index contributed by atoms with van der Waals surface area (Å²) in [5.74, 6) is -2.91. The summed E-state index contributed by atoms with van der Waals surface area (Å²) in [6.45, 7) is 6.88. The molecule has 0 aromatic rings. The first-order valence-electron chi connectivity index (χ1n) is 10.5. The maximum Gasteiger partial charge on any atom is 0.313 e. The molecule has 0 spiro atoms. The smallest absolute Gasteiger partial charge is 0.313 e. The van der Waals surface area contributed by atoms with Crippen molar-refractivity contribution in [1.29, 1.82) is 0 Å². The summed E-state index contributed by atoms with van der Waals surface area (Å²) in [7, 11) is 0. The third-order valence-electron chi connectivity index (χ3n) is 4.52. The van der Waals surface area contributed by atoms with Crippen LogP contribution in [0.25, 0.3) is 0 Å². The maximum atomic E-state index is 12.7. The van der Waals surface area contributed by atoms with Crippen molar-refractivity contribution in [3.63, 3.8) is 0 Å². The van der Waals surface area contributed by atoms with E-state index in [1.165, 1.54) is 6.08 Å². The number of carbonyl (C=O) groups is 2. The Balaban J connectivity index is 5.49. The first-order valence-corrected chi connectivity index (χ1v) is 10.5. The van der Waals surface area contributed by atoms with Crippen molar-refractivity contribution < 1.29 is 34.8 Å². The number of carboxylic acid groups (broad SMARTS) is 1. The van der Waals surface area contributed by atoms with Gasteiger partial charge in [0.25, 0.3) is 0 Å². The van der Waals surface area contributed by atoms with E-state index in [0.29, 0.717) is 24.0 Å². The molecule has 0 aliphatic carbocycles. The Kier molecular flexibility index (Phi) is 15.3. The van der Waals surface area contributed by atoms with Gasteiger partial charge in [0, 0.05) is 13.2 Å². The molecule has 0 rings (SSSR count). The molecule has 0 unspecified atom stereocenters. The molecule has 7 nitrogen and oxygen atoms in total. The lowest BCUT2D eigenvalue weighted by molar-refractivity contribution is -0.145. The second-order valence-corrected chi connectivity index (χ2v) is 7.95. The van der Waals surface area contributed by atoms with Crippen LogP contribution in [0.5, 0.6) is 0 Å². The Morgan fingerprint density at radius 2 is 1.29 bits per heavy atom. The van der Waals surface area contributed by atoms with Crippen molar-refractivity contribution >= 4 is 11.9 Å². The molecule has 0 bridgehead atoms. The van der Waals surface area contributed by atoms with E-state index in [4.69, 9.17) is 9.84 Å². The zero-order valence-electron chi connectivity index (χ0n) is 19.1. The van der Waals surface area contributed by atoms with Crippen LogP contribution in [0.4, 0.5) is 0 Å². The van der Waals surface area contributed by atoms with Gasteiger partial charge in [0.1, 0.15) is 6.61 Å². The van der Waals surface area contributed by atoms with Crippen molar-refractivity contribution in [2.45, 2.75) is 53.4 Å². The molecular weight excluding hydrogens is 400 g/mol. The summed E-state index contributed by atoms with van der Waals surface area (Å²) in [6, 6.07) is 0. The zero-order valence-corrected chi connectivity index (χ0v) is 19.1. The van der Waals surface area contributed by atoms with Crippen molar-refractivity contribution in [3.8, 4) is 0 Å². The van der Waals surface area contributed by atoms with Gasteiger partial charge >= 0.3 is 11.9 Å². The van der Waals surface area contributed by atoms with Crippen molar-refractivity contribution in [3.05, 3.63) is 46.6 Å². The van der Waals surface area contributed by atoms with Crippen LogP contribution >= 0.6 is 0 Å². The van der Waals surface area contributed by atoms with Crippen LogP contribution in [0.1, 0.15) is 53.4 Å². The number of rotatable bonds is 15. The van der Waals surface area contributed by atoms with Gasteiger partial charge < -0.3 is 25.2 Å². The number of hydrogen-bond donors (Lipinski definition) is 4. The summed E-state index contributed by atoms with van der Waals surface area (Å²) >= 11 is 0. The van der Waals surface area contributed by atoms with Crippen molar-refractivity contribution in [2.24, 2.45) is 11.8 Å². The average molecular weight is 439 g/mol. The largest absolute Gasteiger partial charge is 0.481 e. The third-order valence-corrected chi connectivity index (χ3v) is 4.52. The third kappa shape index (κ3) is 13.6. The Labute approximate surface area is 185 Å². The van der Waals surface area contributed by atoms with Gasteiger partial charge in [0.2, 0.25) is 0 Å². The second-order valence-electron chi connectivity index (χ2n) is 7.95. The van der Waals surface area contributed by atoms with Gasteiger partial charge in [-0.3, -0.25) is 9.59 Å². The molecule has 0 aromatic heterocycles. The van der Waals surface area contributed by atoms with E-state index in [-0.39, 0.29) is 39.3 Å². The normalized spacial score (nSPS) is 13.9. The van der Waals surface area contributed by atoms with Gasteiger partial charge in [0.05, 0.1) is 18.4 Å². The van der Waals surface area contributed by atoms with Crippen LogP contribution in [0.15, 0.2) is 46.6 Å². The minimum Gasteiger partial charge on any atom is -0.481 e. The molecule has 0 aliphatic heterocycles. The fraction of sp³-hybridized carbons (Fsp3) is 0.583. The van der Waals surface area contributed by atoms with Crippen LogP contribution < -0.4 is 0 Å². The fourth-order valence-electron chi connectivity index (χ4n) is 2.74. The highest BCUT2D eigenvalue weighted by Crippen LogP contribution is 2.18. The topological polar surface area (TPSA) is 124 Å². The molecule has 4 N–H and O–H groups in total. The summed E-state index contributed by atoms with van der Waals surface area (Å²) in [4.78, 5) is 24.3. The Hall–Kier alpha value is -2.22. The Morgan fingerprint density at radius 3 is 1.74 bits per heavy atom. The van der Waals surface area contributed by atoms with E-state index in [2.05, 4.69) is 0 Å². The van der Waals surface area contributed by atoms with E-state index in [1.54, 1.807) is 6.08 Å². The highest BCUT2D eigenvalue weighted by Gasteiger charge is 2.19. The molecule has 0 radical (unpaired) electrons. The molecule has 2 atom stereocenters. The van der Waals surface area contributed by atoms with Crippen LogP contribution in [-0.4, -0.2) is 58.8 Å². The van der Waals surface area contributed by atoms with Gasteiger partial charge in [-0.15, -0.1) is 0 Å². The fourth-order valence-corrected chi connectivity index (χ4v) is 2.74. The molecule has 0 saturated carbocycles. The summed E-state index contributed by atoms with van der Waals surface area (Å²) in [5.41, 5.74) is 3.12. The second kappa shape index (κ2) is 16.5. The van der Waals surface area contributed by atoms with Crippen LogP contribution in [-0.2, 0) is 14.3 Å². The molecule has 0 amide bonds. The molecule has 176 valence electrons. The van der Waals surface area contributed by atoms with E-state index in [1.807, 2.05) is 39.8 Å². The number of allylic oxidation sites excluding steroid dienone is 4. The Morgan fingerprint density at radius 1 is 0.806 bits per heavy atom.